The van der Waals surface area contributed by atoms with E-state index >= 15 is 0 Å². The summed E-state index contributed by atoms with van der Waals surface area (Å²) < 4.78 is 3.34. The molecule has 0 aliphatic rings. The molecular formula is C23H17BrN+. The highest BCUT2D eigenvalue weighted by atomic mass is 79.9. The molecule has 4 aromatic rings. The van der Waals surface area contributed by atoms with E-state index in [0.29, 0.717) is 0 Å². The Labute approximate surface area is 156 Å². The van der Waals surface area contributed by atoms with Crippen LogP contribution in [0.2, 0.25) is 0 Å². The van der Waals surface area contributed by atoms with Gasteiger partial charge in [0.1, 0.15) is 0 Å². The topological polar surface area (TPSA) is 3.88 Å². The maximum atomic E-state index is 3.77. The summed E-state index contributed by atoms with van der Waals surface area (Å²) in [7, 11) is 0. The van der Waals surface area contributed by atoms with Gasteiger partial charge in [0.25, 0.3) is 0 Å². The first-order valence-electron chi connectivity index (χ1n) is 8.25. The molecule has 3 aromatic carbocycles. The van der Waals surface area contributed by atoms with Crippen LogP contribution in [0.4, 0.5) is 0 Å². The van der Waals surface area contributed by atoms with Crippen molar-refractivity contribution < 1.29 is 4.57 Å². The molecule has 120 valence electrons. The number of halogens is 1. The van der Waals surface area contributed by atoms with Gasteiger partial charge in [0.15, 0.2) is 6.20 Å². The number of para-hydroxylation sites is 1. The van der Waals surface area contributed by atoms with E-state index in [-0.39, 0.29) is 0 Å². The van der Waals surface area contributed by atoms with E-state index in [4.69, 9.17) is 0 Å². The van der Waals surface area contributed by atoms with E-state index in [0.717, 1.165) is 10.2 Å². The molecule has 0 saturated carbocycles. The molecule has 0 bridgehead atoms. The minimum atomic E-state index is 1.09. The van der Waals surface area contributed by atoms with Gasteiger partial charge in [-0.05, 0) is 33.6 Å². The maximum absolute atomic E-state index is 3.77. The fourth-order valence-electron chi connectivity index (χ4n) is 3.09. The van der Waals surface area contributed by atoms with Crippen molar-refractivity contribution in [3.8, 4) is 28.1 Å². The van der Waals surface area contributed by atoms with Gasteiger partial charge in [-0.15, -0.1) is 0 Å². The highest BCUT2D eigenvalue weighted by molar-refractivity contribution is 9.10. The first-order chi connectivity index (χ1) is 12.3. The van der Waals surface area contributed by atoms with Crippen LogP contribution in [0.3, 0.4) is 0 Å². The normalized spacial score (nSPS) is 10.6. The molecule has 1 aromatic heterocycles. The minimum Gasteiger partial charge on any atom is -0.159 e. The second kappa shape index (κ2) is 7.04. The summed E-state index contributed by atoms with van der Waals surface area (Å²) in [5, 5.41) is 0. The average Bonchev–Trinajstić information content (AvgIpc) is 2.70. The molecule has 0 spiro atoms. The van der Waals surface area contributed by atoms with Gasteiger partial charge in [-0.25, -0.2) is 0 Å². The Hall–Kier alpha value is -2.71. The van der Waals surface area contributed by atoms with Crippen LogP contribution in [0, 0.1) is 0 Å². The van der Waals surface area contributed by atoms with E-state index in [1.807, 2.05) is 12.1 Å². The van der Waals surface area contributed by atoms with Crippen LogP contribution < -0.4 is 4.57 Å². The number of pyridine rings is 1. The van der Waals surface area contributed by atoms with Crippen molar-refractivity contribution in [2.75, 3.05) is 0 Å². The van der Waals surface area contributed by atoms with Crippen LogP contribution in [0.25, 0.3) is 28.1 Å². The summed E-state index contributed by atoms with van der Waals surface area (Å²) in [4.78, 5) is 0. The standard InChI is InChI=1S/C23H17BrN/c24-21-16-17-25(20-14-8-3-9-15-20)23(19-12-6-2-7-13-19)22(21)18-10-4-1-5-11-18/h1-17H/q+1. The van der Waals surface area contributed by atoms with Crippen LogP contribution >= 0.6 is 15.9 Å². The summed E-state index contributed by atoms with van der Waals surface area (Å²) in [5.74, 6) is 0. The predicted octanol–water partition coefficient (Wildman–Crippen LogP) is 6.06. The van der Waals surface area contributed by atoms with Gasteiger partial charge in [0, 0.05) is 28.2 Å². The van der Waals surface area contributed by atoms with Gasteiger partial charge in [0.2, 0.25) is 11.4 Å². The zero-order valence-electron chi connectivity index (χ0n) is 13.6. The largest absolute Gasteiger partial charge is 0.227 e. The van der Waals surface area contributed by atoms with E-state index in [2.05, 4.69) is 112 Å². The molecule has 1 nitrogen and oxygen atoms in total. The Morgan fingerprint density at radius 3 is 1.68 bits per heavy atom. The lowest BCUT2D eigenvalue weighted by atomic mass is 9.98. The average molecular weight is 387 g/mol. The molecule has 25 heavy (non-hydrogen) atoms. The predicted molar refractivity (Wildman–Crippen MR) is 107 cm³/mol. The summed E-state index contributed by atoms with van der Waals surface area (Å²) in [5.41, 5.74) is 5.89. The zero-order chi connectivity index (χ0) is 17.1. The lowest BCUT2D eigenvalue weighted by Gasteiger charge is -2.12. The lowest BCUT2D eigenvalue weighted by molar-refractivity contribution is -0.583. The first-order valence-corrected chi connectivity index (χ1v) is 9.04. The van der Waals surface area contributed by atoms with Crippen molar-refractivity contribution >= 4 is 15.9 Å². The van der Waals surface area contributed by atoms with Crippen molar-refractivity contribution in [1.29, 1.82) is 0 Å². The third-order valence-corrected chi connectivity index (χ3v) is 4.89. The maximum Gasteiger partial charge on any atom is 0.227 e. The first kappa shape index (κ1) is 15.8. The molecule has 0 aliphatic carbocycles. The quantitative estimate of drug-likeness (QED) is 0.376. The van der Waals surface area contributed by atoms with Crippen molar-refractivity contribution in [1.82, 2.24) is 0 Å². The highest BCUT2D eigenvalue weighted by Gasteiger charge is 2.23. The zero-order valence-corrected chi connectivity index (χ0v) is 15.2. The number of nitrogens with zero attached hydrogens (tertiary/aromatic N) is 1. The van der Waals surface area contributed by atoms with Crippen molar-refractivity contribution in [3.63, 3.8) is 0 Å². The van der Waals surface area contributed by atoms with Gasteiger partial charge in [0.05, 0.1) is 5.56 Å². The van der Waals surface area contributed by atoms with Gasteiger partial charge < -0.3 is 0 Å². The Morgan fingerprint density at radius 1 is 0.560 bits per heavy atom. The Morgan fingerprint density at radius 2 is 1.08 bits per heavy atom. The molecule has 1 heterocycles. The molecule has 0 N–H and O–H groups in total. The number of hydrogen-bond donors (Lipinski definition) is 0. The molecule has 2 heteroatoms. The number of rotatable bonds is 3. The lowest BCUT2D eigenvalue weighted by Crippen LogP contribution is -2.33. The van der Waals surface area contributed by atoms with Gasteiger partial charge in [-0.2, -0.15) is 4.57 Å². The Balaban J connectivity index is 2.08. The van der Waals surface area contributed by atoms with Crippen molar-refractivity contribution in [2.45, 2.75) is 0 Å². The summed E-state index contributed by atoms with van der Waals surface area (Å²) in [6.07, 6.45) is 2.12. The number of aromatic nitrogens is 1. The Kier molecular flexibility index (Phi) is 4.45. The van der Waals surface area contributed by atoms with E-state index in [1.54, 1.807) is 0 Å². The SMILES string of the molecule is Brc1cc[n+](-c2ccccc2)c(-c2ccccc2)c1-c1ccccc1. The van der Waals surface area contributed by atoms with Crippen molar-refractivity contribution in [3.05, 3.63) is 108 Å². The molecule has 0 aliphatic heterocycles. The summed E-state index contributed by atoms with van der Waals surface area (Å²) in [6, 6.07) is 33.6. The highest BCUT2D eigenvalue weighted by Crippen LogP contribution is 2.35. The molecule has 0 radical (unpaired) electrons. The fraction of sp³-hybridized carbons (Fsp3) is 0. The minimum absolute atomic E-state index is 1.09. The Bertz CT molecular complexity index is 980. The second-order valence-electron chi connectivity index (χ2n) is 5.82. The van der Waals surface area contributed by atoms with Crippen LogP contribution in [-0.2, 0) is 0 Å². The van der Waals surface area contributed by atoms with E-state index in [1.165, 1.54) is 22.4 Å². The molecule has 0 unspecified atom stereocenters. The summed E-state index contributed by atoms with van der Waals surface area (Å²) in [6.45, 7) is 0. The van der Waals surface area contributed by atoms with E-state index < -0.39 is 0 Å². The second-order valence-corrected chi connectivity index (χ2v) is 6.68. The summed E-state index contributed by atoms with van der Waals surface area (Å²) >= 11 is 3.77. The number of hydrogen-bond acceptors (Lipinski definition) is 0. The molecular weight excluding hydrogens is 370 g/mol. The van der Waals surface area contributed by atoms with Crippen molar-refractivity contribution in [2.24, 2.45) is 0 Å². The molecule has 0 fully saturated rings. The molecule has 0 atom stereocenters. The molecule has 0 amide bonds. The third kappa shape index (κ3) is 3.13. The van der Waals surface area contributed by atoms with Gasteiger partial charge in [-0.1, -0.05) is 66.7 Å². The van der Waals surface area contributed by atoms with Gasteiger partial charge in [-0.3, -0.25) is 0 Å². The van der Waals surface area contributed by atoms with Crippen LogP contribution in [0.15, 0.2) is 108 Å². The number of benzene rings is 3. The third-order valence-electron chi connectivity index (χ3n) is 4.23. The molecule has 4 rings (SSSR count). The fourth-order valence-corrected chi connectivity index (χ4v) is 3.63. The monoisotopic (exact) mass is 386 g/mol. The molecule has 0 saturated heterocycles. The van der Waals surface area contributed by atoms with Crippen LogP contribution in [-0.4, -0.2) is 0 Å². The van der Waals surface area contributed by atoms with Gasteiger partial charge >= 0.3 is 0 Å². The van der Waals surface area contributed by atoms with Crippen LogP contribution in [0.1, 0.15) is 0 Å². The van der Waals surface area contributed by atoms with E-state index in [9.17, 15) is 0 Å². The van der Waals surface area contributed by atoms with Crippen LogP contribution in [0.5, 0.6) is 0 Å². The smallest absolute Gasteiger partial charge is 0.159 e.